The number of carboxylic acid groups (broad SMARTS) is 4. The summed E-state index contributed by atoms with van der Waals surface area (Å²) in [6, 6.07) is 0.00228. The Morgan fingerprint density at radius 2 is 1.23 bits per heavy atom. The second-order valence-electron chi connectivity index (χ2n) is 19.9. The standard InChI is InChI=1S/C46H54F17N7O21S/c1-88-37-35(33(83)32(82)34(91-37)25(72)19-71)90-36(84)24(4-2-3-9-65-27(73)20-89-23-7-5-21(6-8-23)12-22(68(17-30(78)79)18-31(80)81)13-67(15-28(74)75)16-29(76)77)66-26-14-69(10-11-70(26)38(64)85)92(86,87)46(62,63)44(57,58)42(53,54)40(49,50)39(47,48)41(51,52)43(55,56)45(59,60)61/h5-8,22,24,26,32-35,37,66,72,82-83H,2-4,9-18,20H2,1H3,(H2,64,85)(H,65,73)(H,74,75)(H,76,77)(H,78,79)(H,80,81)/t22?,24-,26?,32-,33-,34+,35-,37-/m0/s1. The fourth-order valence-electron chi connectivity index (χ4n) is 8.74. The number of alkyl halides is 17. The van der Waals surface area contributed by atoms with Gasteiger partial charge in [-0.15, -0.1) is 0 Å². The van der Waals surface area contributed by atoms with Gasteiger partial charge in [-0.1, -0.05) is 12.1 Å². The number of carbonyl (C=O) groups is 7. The van der Waals surface area contributed by atoms with E-state index in [4.69, 9.17) is 24.7 Å². The van der Waals surface area contributed by atoms with Crippen molar-refractivity contribution in [1.29, 1.82) is 0 Å². The summed E-state index contributed by atoms with van der Waals surface area (Å²) >= 11 is 0. The Bertz CT molecular complexity index is 2940. The minimum Gasteiger partial charge on any atom is -0.500 e. The Morgan fingerprint density at radius 3 is 1.70 bits per heavy atom. The zero-order chi connectivity index (χ0) is 70.9. The lowest BCUT2D eigenvalue weighted by atomic mass is 9.91. The number of ether oxygens (including phenoxy) is 4. The van der Waals surface area contributed by atoms with E-state index in [0.717, 1.165) is 22.9 Å². The number of esters is 1. The van der Waals surface area contributed by atoms with Gasteiger partial charge < -0.3 is 70.6 Å². The van der Waals surface area contributed by atoms with Crippen LogP contribution >= 0.6 is 0 Å². The maximum absolute atomic E-state index is 15.5. The number of methoxy groups -OCH3 is 1. The van der Waals surface area contributed by atoms with Crippen LogP contribution in [0.2, 0.25) is 0 Å². The molecule has 0 spiro atoms. The molecule has 1 aromatic carbocycles. The van der Waals surface area contributed by atoms with E-state index in [1.54, 1.807) is 0 Å². The zero-order valence-electron chi connectivity index (χ0n) is 46.4. The molecule has 0 bridgehead atoms. The molecule has 0 aliphatic carbocycles. The number of halogens is 17. The van der Waals surface area contributed by atoms with Crippen LogP contribution in [0.1, 0.15) is 24.8 Å². The Hall–Kier alpha value is -7.20. The van der Waals surface area contributed by atoms with Crippen LogP contribution in [0.4, 0.5) is 79.4 Å². The molecule has 3 amide bonds. The van der Waals surface area contributed by atoms with E-state index >= 15 is 17.6 Å². The lowest BCUT2D eigenvalue weighted by molar-refractivity contribution is -0.458. The number of sulfonamides is 1. The molecule has 46 heteroatoms. The van der Waals surface area contributed by atoms with Gasteiger partial charge in [-0.25, -0.2) is 18.0 Å². The van der Waals surface area contributed by atoms with Gasteiger partial charge in [-0.3, -0.25) is 43.9 Å². The molecule has 92 heavy (non-hydrogen) atoms. The largest absolute Gasteiger partial charge is 0.500 e. The van der Waals surface area contributed by atoms with Gasteiger partial charge in [0.2, 0.25) is 5.76 Å². The number of primary amides is 1. The number of aliphatic hydroxyl groups excluding tert-OH is 3. The summed E-state index contributed by atoms with van der Waals surface area (Å²) in [5, 5.41) is 65.0. The van der Waals surface area contributed by atoms with Crippen molar-refractivity contribution in [3.63, 3.8) is 0 Å². The quantitative estimate of drug-likeness (QED) is 0.0147. The molecule has 8 atom stereocenters. The smallest absolute Gasteiger partial charge is 0.460 e. The lowest BCUT2D eigenvalue weighted by Gasteiger charge is -2.45. The Labute approximate surface area is 504 Å². The van der Waals surface area contributed by atoms with Gasteiger partial charge in [-0.2, -0.15) is 78.9 Å². The normalized spacial score (nSPS) is 20.8. The van der Waals surface area contributed by atoms with Gasteiger partial charge in [0.25, 0.3) is 15.9 Å². The molecule has 2 aliphatic rings. The molecule has 0 aromatic heterocycles. The summed E-state index contributed by atoms with van der Waals surface area (Å²) in [6.07, 6.45) is -23.9. The van der Waals surface area contributed by atoms with Crippen molar-refractivity contribution in [3.05, 3.63) is 35.6 Å². The number of aliphatic hydroxyl groups is 3. The number of benzene rings is 1. The fourth-order valence-corrected chi connectivity index (χ4v) is 10.2. The molecule has 2 unspecified atom stereocenters. The van der Waals surface area contributed by atoms with Crippen molar-refractivity contribution in [1.82, 2.24) is 29.6 Å². The number of nitrogens with zero attached hydrogens (tertiary/aromatic N) is 4. The second kappa shape index (κ2) is 30.3. The molecule has 11 N–H and O–H groups in total. The van der Waals surface area contributed by atoms with Gasteiger partial charge >= 0.3 is 82.8 Å². The number of aliphatic carboxylic acids is 4. The minimum absolute atomic E-state index is 0.0376. The average molecular weight is 1400 g/mol. The SMILES string of the molecule is CO[C@H]1O[C@H](C(O)=C=O)[C@@H](O)[C@H](O)[C@@H]1OC(=O)[C@H](CCCCNC(=O)COc1ccc(CC(CN(CC(=O)O)CC(=O)O)N(CC(=O)O)CC(=O)O)cc1)NC1CN(S(=O)(=O)C(F)(F)C(F)(F)C(F)(F)C(F)(F)C(F)(F)C(F)(F)C(F)(F)C(F)(F)F)CCN1C(N)=O. The first-order chi connectivity index (χ1) is 41.9. The Morgan fingerprint density at radius 1 is 0.728 bits per heavy atom. The molecule has 1 aromatic rings. The van der Waals surface area contributed by atoms with E-state index in [2.05, 4.69) is 10.6 Å². The Balaban J connectivity index is 1.92. The molecule has 524 valence electrons. The number of hydrogen-bond donors (Lipinski definition) is 10. The second-order valence-corrected chi connectivity index (χ2v) is 21.9. The number of amides is 3. The maximum Gasteiger partial charge on any atom is 0.460 e. The van der Waals surface area contributed by atoms with Gasteiger partial charge in [0.05, 0.1) is 32.3 Å². The van der Waals surface area contributed by atoms with Crippen LogP contribution in [-0.2, 0) is 64.2 Å². The third-order valence-electron chi connectivity index (χ3n) is 13.5. The van der Waals surface area contributed by atoms with Gasteiger partial charge in [-0.05, 0) is 43.4 Å². The lowest BCUT2D eigenvalue weighted by Crippen LogP contribution is -2.75. The van der Waals surface area contributed by atoms with Crippen molar-refractivity contribution in [2.75, 3.05) is 72.6 Å². The van der Waals surface area contributed by atoms with Gasteiger partial charge in [0.1, 0.15) is 24.0 Å². The molecule has 2 fully saturated rings. The van der Waals surface area contributed by atoms with Crippen LogP contribution in [0.5, 0.6) is 5.75 Å². The molecule has 0 saturated carbocycles. The van der Waals surface area contributed by atoms with Crippen LogP contribution in [0.15, 0.2) is 30.0 Å². The first-order valence-corrected chi connectivity index (χ1v) is 26.9. The molecule has 3 rings (SSSR count). The molecular formula is C46H54F17N7O21S. The zero-order valence-corrected chi connectivity index (χ0v) is 47.2. The highest BCUT2D eigenvalue weighted by Gasteiger charge is 2.96. The summed E-state index contributed by atoms with van der Waals surface area (Å²) < 4.78 is 286. The van der Waals surface area contributed by atoms with Crippen LogP contribution in [0.3, 0.4) is 0 Å². The van der Waals surface area contributed by atoms with E-state index in [-0.39, 0.29) is 23.5 Å². The van der Waals surface area contributed by atoms with E-state index in [9.17, 15) is 140 Å². The summed E-state index contributed by atoms with van der Waals surface area (Å²) in [6.45, 7) is -10.7. The number of unbranched alkanes of at least 4 members (excludes halogenated alkanes) is 1. The summed E-state index contributed by atoms with van der Waals surface area (Å²) in [5.41, 5.74) is 5.57. The number of urea groups is 1. The van der Waals surface area contributed by atoms with Crippen LogP contribution in [0, 0.1) is 0 Å². The number of piperazine rings is 1. The Kier molecular flexibility index (Phi) is 26.0. The molecule has 2 heterocycles. The number of carbonyl (C=O) groups excluding carboxylic acids is 4. The van der Waals surface area contributed by atoms with E-state index in [1.165, 1.54) is 24.3 Å². The first-order valence-electron chi connectivity index (χ1n) is 25.5. The van der Waals surface area contributed by atoms with Crippen LogP contribution < -0.4 is 21.1 Å². The van der Waals surface area contributed by atoms with Crippen molar-refractivity contribution >= 4 is 57.7 Å². The molecular weight excluding hydrogens is 1340 g/mol. The van der Waals surface area contributed by atoms with Crippen molar-refractivity contribution < 1.29 is 176 Å². The van der Waals surface area contributed by atoms with E-state index < -0.39 is 236 Å². The molecule has 28 nitrogen and oxygen atoms in total. The van der Waals surface area contributed by atoms with Crippen molar-refractivity contribution in [3.8, 4) is 5.75 Å². The number of hydrogen-bond acceptors (Lipinski definition) is 20. The van der Waals surface area contributed by atoms with E-state index in [1.807, 2.05) is 0 Å². The molecule has 2 aliphatic heterocycles. The average Bonchev–Trinajstić information content (AvgIpc) is 0.692. The van der Waals surface area contributed by atoms with Crippen molar-refractivity contribution in [2.24, 2.45) is 5.73 Å². The van der Waals surface area contributed by atoms with Gasteiger partial charge in [0, 0.05) is 45.9 Å². The monoisotopic (exact) mass is 1400 g/mol. The van der Waals surface area contributed by atoms with E-state index in [0.29, 0.717) is 5.56 Å². The minimum atomic E-state index is -9.17. The third kappa shape index (κ3) is 17.3. The van der Waals surface area contributed by atoms with Gasteiger partial charge in [0.15, 0.2) is 31.0 Å². The predicted octanol–water partition coefficient (Wildman–Crippen LogP) is 0.761. The highest BCUT2D eigenvalue weighted by Crippen LogP contribution is 2.64. The topological polar surface area (TPSA) is 412 Å². The molecule has 0 radical (unpaired) electrons. The van der Waals surface area contributed by atoms with Crippen molar-refractivity contribution in [2.45, 2.75) is 122 Å². The summed E-state index contributed by atoms with van der Waals surface area (Å²) in [7, 11) is -7.23. The predicted molar refractivity (Wildman–Crippen MR) is 262 cm³/mol. The van der Waals surface area contributed by atoms with Crippen LogP contribution in [-0.4, -0.2) is 279 Å². The maximum atomic E-state index is 15.5. The number of rotatable bonds is 35. The first kappa shape index (κ1) is 79.0. The number of nitrogens with two attached hydrogens (primary N) is 1. The molecule has 2 saturated heterocycles. The highest BCUT2D eigenvalue weighted by atomic mass is 32.2. The fraction of sp³-hybridized carbons (Fsp3) is 0.674. The summed E-state index contributed by atoms with van der Waals surface area (Å²) in [5.74, 6) is -62.7. The summed E-state index contributed by atoms with van der Waals surface area (Å²) in [4.78, 5) is 98.5. The highest BCUT2D eigenvalue weighted by molar-refractivity contribution is 7.90. The number of carboxylic acids is 4. The van der Waals surface area contributed by atoms with Crippen LogP contribution in [0.25, 0.3) is 0 Å². The number of nitrogens with one attached hydrogen (secondary N) is 2. The third-order valence-corrected chi connectivity index (χ3v) is 15.4.